The van der Waals surface area contributed by atoms with Gasteiger partial charge in [0.1, 0.15) is 0 Å². The Hall–Kier alpha value is -0.600. The van der Waals surface area contributed by atoms with Gasteiger partial charge in [-0.25, -0.2) is 0 Å². The summed E-state index contributed by atoms with van der Waals surface area (Å²) in [6.45, 7) is 2.13. The maximum atomic E-state index is 3.56. The highest BCUT2D eigenvalue weighted by Crippen LogP contribution is 2.35. The summed E-state index contributed by atoms with van der Waals surface area (Å²) >= 11 is 5.38. The monoisotopic (exact) mass is 252 g/mol. The highest BCUT2D eigenvalue weighted by molar-refractivity contribution is 9.10. The van der Waals surface area contributed by atoms with E-state index in [2.05, 4.69) is 53.2 Å². The summed E-state index contributed by atoms with van der Waals surface area (Å²) in [6.07, 6.45) is 0. The zero-order chi connectivity index (χ0) is 9.26. The van der Waals surface area contributed by atoms with Crippen LogP contribution in [0, 0.1) is 6.92 Å². The molecule has 1 aromatic carbocycles. The lowest BCUT2D eigenvalue weighted by Crippen LogP contribution is -1.69. The standard InChI is InChI=1S/C11H9BrS/c1-8-7-10(12)11(13-8)9-5-3-2-4-6-9/h2-7H,1H3. The molecular formula is C11H9BrS. The lowest BCUT2D eigenvalue weighted by Gasteiger charge is -1.96. The molecule has 0 nitrogen and oxygen atoms in total. The summed E-state index contributed by atoms with van der Waals surface area (Å²) < 4.78 is 1.20. The molecule has 0 N–H and O–H groups in total. The molecule has 0 aliphatic rings. The molecule has 0 saturated heterocycles. The predicted octanol–water partition coefficient (Wildman–Crippen LogP) is 4.49. The Bertz CT molecular complexity index is 403. The van der Waals surface area contributed by atoms with Crippen LogP contribution >= 0.6 is 27.3 Å². The van der Waals surface area contributed by atoms with Crippen LogP contribution in [0.15, 0.2) is 40.9 Å². The van der Waals surface area contributed by atoms with Crippen molar-refractivity contribution < 1.29 is 0 Å². The Morgan fingerprint density at radius 1 is 1.15 bits per heavy atom. The van der Waals surface area contributed by atoms with Crippen LogP contribution in [0.2, 0.25) is 0 Å². The molecule has 2 aromatic rings. The smallest absolute Gasteiger partial charge is 0.0487 e. The number of rotatable bonds is 1. The Morgan fingerprint density at radius 2 is 1.85 bits per heavy atom. The fourth-order valence-electron chi connectivity index (χ4n) is 1.27. The molecule has 0 fully saturated rings. The first-order chi connectivity index (χ1) is 6.27. The summed E-state index contributed by atoms with van der Waals surface area (Å²) in [5.74, 6) is 0. The summed E-state index contributed by atoms with van der Waals surface area (Å²) in [4.78, 5) is 2.66. The molecule has 13 heavy (non-hydrogen) atoms. The fourth-order valence-corrected chi connectivity index (χ4v) is 3.15. The van der Waals surface area contributed by atoms with Gasteiger partial charge in [0.2, 0.25) is 0 Å². The van der Waals surface area contributed by atoms with Crippen molar-refractivity contribution in [1.82, 2.24) is 0 Å². The average Bonchev–Trinajstić information content (AvgIpc) is 2.47. The number of benzene rings is 1. The Labute approximate surface area is 90.4 Å². The SMILES string of the molecule is Cc1cc(Br)c(-c2ccccc2)s1. The first-order valence-electron chi connectivity index (χ1n) is 4.09. The minimum Gasteiger partial charge on any atom is -0.139 e. The van der Waals surface area contributed by atoms with Crippen molar-refractivity contribution in [2.45, 2.75) is 6.92 Å². The summed E-state index contributed by atoms with van der Waals surface area (Å²) in [6, 6.07) is 12.6. The van der Waals surface area contributed by atoms with Crippen molar-refractivity contribution in [2.24, 2.45) is 0 Å². The van der Waals surface area contributed by atoms with Crippen molar-refractivity contribution in [3.05, 3.63) is 45.7 Å². The second-order valence-electron chi connectivity index (χ2n) is 2.90. The molecule has 0 unspecified atom stereocenters. The lowest BCUT2D eigenvalue weighted by atomic mass is 10.2. The van der Waals surface area contributed by atoms with Gasteiger partial charge in [-0.05, 0) is 34.5 Å². The molecule has 1 aromatic heterocycles. The van der Waals surface area contributed by atoms with Gasteiger partial charge in [-0.3, -0.25) is 0 Å². The molecule has 0 bridgehead atoms. The molecular weight excluding hydrogens is 244 g/mol. The van der Waals surface area contributed by atoms with Gasteiger partial charge < -0.3 is 0 Å². The molecule has 66 valence electrons. The molecule has 2 heteroatoms. The van der Waals surface area contributed by atoms with E-state index in [1.807, 2.05) is 17.4 Å². The molecule has 0 spiro atoms. The second-order valence-corrected chi connectivity index (χ2v) is 5.01. The first kappa shape index (κ1) is 8.97. The first-order valence-corrected chi connectivity index (χ1v) is 5.69. The summed E-state index contributed by atoms with van der Waals surface area (Å²) in [5.41, 5.74) is 1.28. The van der Waals surface area contributed by atoms with Gasteiger partial charge in [-0.1, -0.05) is 30.3 Å². The predicted molar refractivity (Wildman–Crippen MR) is 62.2 cm³/mol. The van der Waals surface area contributed by atoms with Crippen LogP contribution in [-0.2, 0) is 0 Å². The molecule has 0 saturated carbocycles. The number of halogens is 1. The Morgan fingerprint density at radius 3 is 2.38 bits per heavy atom. The number of thiophene rings is 1. The van der Waals surface area contributed by atoms with E-state index in [1.165, 1.54) is 19.8 Å². The van der Waals surface area contributed by atoms with Crippen LogP contribution in [0.1, 0.15) is 4.88 Å². The van der Waals surface area contributed by atoms with Crippen molar-refractivity contribution >= 4 is 27.3 Å². The lowest BCUT2D eigenvalue weighted by molar-refractivity contribution is 1.62. The van der Waals surface area contributed by atoms with E-state index in [-0.39, 0.29) is 0 Å². The van der Waals surface area contributed by atoms with Crippen LogP contribution in [0.5, 0.6) is 0 Å². The molecule has 0 radical (unpaired) electrons. The Balaban J connectivity index is 2.53. The third-order valence-electron chi connectivity index (χ3n) is 1.85. The molecule has 0 amide bonds. The van der Waals surface area contributed by atoms with Gasteiger partial charge in [0, 0.05) is 14.2 Å². The van der Waals surface area contributed by atoms with Gasteiger partial charge in [-0.2, -0.15) is 0 Å². The minimum atomic E-state index is 1.20. The average molecular weight is 253 g/mol. The van der Waals surface area contributed by atoms with Crippen LogP contribution in [0.4, 0.5) is 0 Å². The van der Waals surface area contributed by atoms with Crippen molar-refractivity contribution in [3.8, 4) is 10.4 Å². The number of hydrogen-bond acceptors (Lipinski definition) is 1. The minimum absolute atomic E-state index is 1.20. The normalized spacial score (nSPS) is 10.3. The number of aryl methyl sites for hydroxylation is 1. The van der Waals surface area contributed by atoms with Crippen LogP contribution in [0.25, 0.3) is 10.4 Å². The zero-order valence-corrected chi connectivity index (χ0v) is 9.65. The van der Waals surface area contributed by atoms with Gasteiger partial charge in [0.15, 0.2) is 0 Å². The molecule has 0 atom stereocenters. The van der Waals surface area contributed by atoms with E-state index in [4.69, 9.17) is 0 Å². The molecule has 0 aliphatic carbocycles. The van der Waals surface area contributed by atoms with Gasteiger partial charge in [0.25, 0.3) is 0 Å². The van der Waals surface area contributed by atoms with Crippen molar-refractivity contribution in [3.63, 3.8) is 0 Å². The zero-order valence-electron chi connectivity index (χ0n) is 7.25. The van der Waals surface area contributed by atoms with E-state index in [1.54, 1.807) is 0 Å². The highest BCUT2D eigenvalue weighted by atomic mass is 79.9. The van der Waals surface area contributed by atoms with E-state index >= 15 is 0 Å². The van der Waals surface area contributed by atoms with Crippen molar-refractivity contribution in [1.29, 1.82) is 0 Å². The van der Waals surface area contributed by atoms with Crippen LogP contribution in [-0.4, -0.2) is 0 Å². The van der Waals surface area contributed by atoms with E-state index in [0.29, 0.717) is 0 Å². The molecule has 2 rings (SSSR count). The quantitative estimate of drug-likeness (QED) is 0.702. The third kappa shape index (κ3) is 1.84. The molecule has 0 aliphatic heterocycles. The summed E-state index contributed by atoms with van der Waals surface area (Å²) in [5, 5.41) is 0. The maximum Gasteiger partial charge on any atom is 0.0487 e. The van der Waals surface area contributed by atoms with E-state index < -0.39 is 0 Å². The number of hydrogen-bond donors (Lipinski definition) is 0. The molecule has 1 heterocycles. The van der Waals surface area contributed by atoms with Crippen molar-refractivity contribution in [2.75, 3.05) is 0 Å². The van der Waals surface area contributed by atoms with Crippen LogP contribution < -0.4 is 0 Å². The highest BCUT2D eigenvalue weighted by Gasteiger charge is 2.05. The third-order valence-corrected chi connectivity index (χ3v) is 3.83. The maximum absolute atomic E-state index is 3.56. The Kier molecular flexibility index (Phi) is 2.51. The van der Waals surface area contributed by atoms with Crippen LogP contribution in [0.3, 0.4) is 0 Å². The summed E-state index contributed by atoms with van der Waals surface area (Å²) in [7, 11) is 0. The van der Waals surface area contributed by atoms with Gasteiger partial charge in [0.05, 0.1) is 0 Å². The largest absolute Gasteiger partial charge is 0.139 e. The van der Waals surface area contributed by atoms with Gasteiger partial charge in [-0.15, -0.1) is 11.3 Å². The topological polar surface area (TPSA) is 0 Å². The van der Waals surface area contributed by atoms with E-state index in [9.17, 15) is 0 Å². The van der Waals surface area contributed by atoms with Gasteiger partial charge >= 0.3 is 0 Å². The second kappa shape index (κ2) is 3.64. The fraction of sp³-hybridized carbons (Fsp3) is 0.0909. The van der Waals surface area contributed by atoms with E-state index in [0.717, 1.165) is 0 Å².